The van der Waals surface area contributed by atoms with Gasteiger partial charge in [0.25, 0.3) is 0 Å². The smallest absolute Gasteiger partial charge is 0.360 e. The van der Waals surface area contributed by atoms with Crippen molar-refractivity contribution in [2.45, 2.75) is 11.6 Å². The van der Waals surface area contributed by atoms with E-state index in [0.29, 0.717) is 37.9 Å². The SMILES string of the molecule is COC(=O)c1cn(CN2CCN(S(=O)(=O)c3ccc(Cl)c(Cl)c3)CC2)nn1. The summed E-state index contributed by atoms with van der Waals surface area (Å²) >= 11 is 11.8. The summed E-state index contributed by atoms with van der Waals surface area (Å²) in [5.41, 5.74) is 0.123. The summed E-state index contributed by atoms with van der Waals surface area (Å²) in [6.07, 6.45) is 1.49. The second kappa shape index (κ2) is 8.11. The molecule has 0 amide bonds. The minimum absolute atomic E-state index is 0.115. The van der Waals surface area contributed by atoms with Gasteiger partial charge >= 0.3 is 5.97 Å². The van der Waals surface area contributed by atoms with Gasteiger partial charge in [-0.2, -0.15) is 4.31 Å². The molecule has 0 spiro atoms. The molecule has 1 saturated heterocycles. The van der Waals surface area contributed by atoms with E-state index in [1.165, 1.54) is 40.5 Å². The third-order valence-electron chi connectivity index (χ3n) is 4.14. The Hall–Kier alpha value is -1.72. The molecule has 12 heteroatoms. The van der Waals surface area contributed by atoms with Crippen LogP contribution in [0.2, 0.25) is 10.0 Å². The van der Waals surface area contributed by atoms with Gasteiger partial charge in [-0.1, -0.05) is 28.4 Å². The monoisotopic (exact) mass is 433 g/mol. The molecule has 0 bridgehead atoms. The summed E-state index contributed by atoms with van der Waals surface area (Å²) in [5.74, 6) is -0.557. The largest absolute Gasteiger partial charge is 0.464 e. The minimum Gasteiger partial charge on any atom is -0.464 e. The minimum atomic E-state index is -3.64. The highest BCUT2D eigenvalue weighted by molar-refractivity contribution is 7.89. The van der Waals surface area contributed by atoms with E-state index in [0.717, 1.165) is 0 Å². The van der Waals surface area contributed by atoms with Crippen LogP contribution in [0.25, 0.3) is 0 Å². The van der Waals surface area contributed by atoms with Crippen molar-refractivity contribution in [1.82, 2.24) is 24.2 Å². The number of esters is 1. The van der Waals surface area contributed by atoms with Gasteiger partial charge < -0.3 is 4.74 Å². The van der Waals surface area contributed by atoms with E-state index in [9.17, 15) is 13.2 Å². The summed E-state index contributed by atoms with van der Waals surface area (Å²) in [6.45, 7) is 2.05. The van der Waals surface area contributed by atoms with Crippen molar-refractivity contribution in [3.05, 3.63) is 40.1 Å². The number of aromatic nitrogens is 3. The van der Waals surface area contributed by atoms with E-state index in [-0.39, 0.29) is 15.6 Å². The van der Waals surface area contributed by atoms with E-state index < -0.39 is 16.0 Å². The molecule has 1 fully saturated rings. The topological polar surface area (TPSA) is 97.6 Å². The lowest BCUT2D eigenvalue weighted by Gasteiger charge is -2.33. The van der Waals surface area contributed by atoms with Crippen LogP contribution in [-0.4, -0.2) is 71.9 Å². The van der Waals surface area contributed by atoms with Crippen LogP contribution in [0.5, 0.6) is 0 Å². The van der Waals surface area contributed by atoms with Gasteiger partial charge in [0.15, 0.2) is 5.69 Å². The molecular weight excluding hydrogens is 417 g/mol. The van der Waals surface area contributed by atoms with Crippen LogP contribution < -0.4 is 0 Å². The first kappa shape index (κ1) is 20.0. The third-order valence-corrected chi connectivity index (χ3v) is 6.77. The molecule has 3 rings (SSSR count). The molecule has 0 unspecified atom stereocenters. The normalized spacial score (nSPS) is 16.4. The number of sulfonamides is 1. The molecule has 1 aromatic heterocycles. The molecule has 0 N–H and O–H groups in total. The van der Waals surface area contributed by atoms with Crippen LogP contribution in [0.4, 0.5) is 0 Å². The number of hydrogen-bond donors (Lipinski definition) is 0. The first-order valence-electron chi connectivity index (χ1n) is 7.97. The number of nitrogens with zero attached hydrogens (tertiary/aromatic N) is 5. The van der Waals surface area contributed by atoms with E-state index >= 15 is 0 Å². The second-order valence-corrected chi connectivity index (χ2v) is 8.63. The Morgan fingerprint density at radius 3 is 2.52 bits per heavy atom. The van der Waals surface area contributed by atoms with Crippen molar-refractivity contribution < 1.29 is 17.9 Å². The number of methoxy groups -OCH3 is 1. The van der Waals surface area contributed by atoms with Crippen molar-refractivity contribution >= 4 is 39.2 Å². The standard InChI is InChI=1S/C15H17Cl2N5O4S/c1-26-15(23)14-9-21(19-18-14)10-20-4-6-22(7-5-20)27(24,25)11-2-3-12(16)13(17)8-11/h2-3,8-9H,4-7,10H2,1H3. The number of ether oxygens (including phenoxy) is 1. The van der Waals surface area contributed by atoms with Gasteiger partial charge in [-0.05, 0) is 18.2 Å². The maximum atomic E-state index is 12.8. The maximum absolute atomic E-state index is 12.8. The highest BCUT2D eigenvalue weighted by Crippen LogP contribution is 2.27. The maximum Gasteiger partial charge on any atom is 0.360 e. The summed E-state index contributed by atoms with van der Waals surface area (Å²) in [7, 11) is -2.37. The third kappa shape index (κ3) is 4.41. The van der Waals surface area contributed by atoms with Gasteiger partial charge in [-0.25, -0.2) is 17.9 Å². The van der Waals surface area contributed by atoms with Crippen LogP contribution in [0, 0.1) is 0 Å². The molecule has 0 aliphatic carbocycles. The molecule has 0 saturated carbocycles. The quantitative estimate of drug-likeness (QED) is 0.655. The predicted molar refractivity (Wildman–Crippen MR) is 98.2 cm³/mol. The van der Waals surface area contributed by atoms with Gasteiger partial charge in [0.1, 0.15) is 0 Å². The van der Waals surface area contributed by atoms with Gasteiger partial charge in [0.05, 0.1) is 34.9 Å². The Morgan fingerprint density at radius 1 is 1.19 bits per heavy atom. The van der Waals surface area contributed by atoms with Crippen LogP contribution in [0.3, 0.4) is 0 Å². The Morgan fingerprint density at radius 2 is 1.89 bits per heavy atom. The highest BCUT2D eigenvalue weighted by atomic mass is 35.5. The molecule has 2 aromatic rings. The van der Waals surface area contributed by atoms with Gasteiger partial charge in [0.2, 0.25) is 10.0 Å². The van der Waals surface area contributed by atoms with Crippen LogP contribution >= 0.6 is 23.2 Å². The fourth-order valence-electron chi connectivity index (χ4n) is 2.67. The fourth-order valence-corrected chi connectivity index (χ4v) is 4.48. The zero-order chi connectivity index (χ0) is 19.6. The summed E-state index contributed by atoms with van der Waals surface area (Å²) < 4.78 is 33.0. The van der Waals surface area contributed by atoms with E-state index in [1.807, 2.05) is 4.90 Å². The van der Waals surface area contributed by atoms with E-state index in [1.54, 1.807) is 0 Å². The number of benzene rings is 1. The van der Waals surface area contributed by atoms with Crippen molar-refractivity contribution in [3.8, 4) is 0 Å². The van der Waals surface area contributed by atoms with Crippen molar-refractivity contribution in [2.24, 2.45) is 0 Å². The lowest BCUT2D eigenvalue weighted by atomic mass is 10.4. The van der Waals surface area contributed by atoms with Crippen LogP contribution in [-0.2, 0) is 21.4 Å². The first-order chi connectivity index (χ1) is 12.8. The number of piperazine rings is 1. The average Bonchev–Trinajstić information content (AvgIpc) is 3.12. The lowest BCUT2D eigenvalue weighted by molar-refractivity contribution is 0.0593. The highest BCUT2D eigenvalue weighted by Gasteiger charge is 2.29. The fraction of sp³-hybridized carbons (Fsp3) is 0.400. The molecule has 1 aromatic carbocycles. The molecule has 1 aliphatic rings. The molecular formula is C15H17Cl2N5O4S. The number of carbonyl (C=O) groups is 1. The van der Waals surface area contributed by atoms with Crippen molar-refractivity contribution in [2.75, 3.05) is 33.3 Å². The zero-order valence-corrected chi connectivity index (χ0v) is 16.7. The van der Waals surface area contributed by atoms with Crippen molar-refractivity contribution in [1.29, 1.82) is 0 Å². The first-order valence-corrected chi connectivity index (χ1v) is 10.2. The molecule has 2 heterocycles. The second-order valence-electron chi connectivity index (χ2n) is 5.87. The van der Waals surface area contributed by atoms with E-state index in [2.05, 4.69) is 15.0 Å². The summed E-state index contributed by atoms with van der Waals surface area (Å²) in [6, 6.07) is 4.27. The number of hydrogen-bond acceptors (Lipinski definition) is 7. The Balaban J connectivity index is 1.62. The van der Waals surface area contributed by atoms with Gasteiger partial charge in [-0.15, -0.1) is 5.10 Å². The Kier molecular flexibility index (Phi) is 6.02. The summed E-state index contributed by atoms with van der Waals surface area (Å²) in [4.78, 5) is 13.5. The summed E-state index contributed by atoms with van der Waals surface area (Å²) in [5, 5.41) is 8.12. The van der Waals surface area contributed by atoms with Crippen molar-refractivity contribution in [3.63, 3.8) is 0 Å². The zero-order valence-electron chi connectivity index (χ0n) is 14.4. The number of carbonyl (C=O) groups excluding carboxylic acids is 1. The molecule has 9 nitrogen and oxygen atoms in total. The molecule has 146 valence electrons. The molecule has 0 atom stereocenters. The lowest BCUT2D eigenvalue weighted by Crippen LogP contribution is -2.48. The average molecular weight is 434 g/mol. The molecule has 1 aliphatic heterocycles. The predicted octanol–water partition coefficient (Wildman–Crippen LogP) is 1.34. The Labute approximate surface area is 166 Å². The van der Waals surface area contributed by atoms with Crippen LogP contribution in [0.1, 0.15) is 10.5 Å². The molecule has 0 radical (unpaired) electrons. The molecule has 27 heavy (non-hydrogen) atoms. The Bertz CT molecular complexity index is 941. The number of rotatable bonds is 5. The number of halogens is 2. The van der Waals surface area contributed by atoms with E-state index in [4.69, 9.17) is 23.2 Å². The van der Waals surface area contributed by atoms with Gasteiger partial charge in [-0.3, -0.25) is 4.90 Å². The van der Waals surface area contributed by atoms with Gasteiger partial charge in [0, 0.05) is 26.2 Å². The van der Waals surface area contributed by atoms with Crippen LogP contribution in [0.15, 0.2) is 29.3 Å².